The second kappa shape index (κ2) is 4.42. The molecule has 1 heterocycles. The predicted molar refractivity (Wildman–Crippen MR) is 67.8 cm³/mol. The number of rotatable bonds is 2. The zero-order valence-electron chi connectivity index (χ0n) is 10.1. The van der Waals surface area contributed by atoms with E-state index in [1.807, 2.05) is 10.7 Å². The zero-order chi connectivity index (χ0) is 12.5. The summed E-state index contributed by atoms with van der Waals surface area (Å²) in [5.74, 6) is 0.544. The van der Waals surface area contributed by atoms with Gasteiger partial charge in [0.05, 0.1) is 17.1 Å². The molecule has 0 fully saturated rings. The minimum absolute atomic E-state index is 0.233. The van der Waals surface area contributed by atoms with E-state index in [1.165, 1.54) is 0 Å². The molecule has 5 nitrogen and oxygen atoms in total. The maximum absolute atomic E-state index is 9.55. The first-order valence-electron chi connectivity index (χ1n) is 6.23. The highest BCUT2D eigenvalue weighted by atomic mass is 16.3. The Balaban J connectivity index is 2.11. The number of fused-ring (bicyclic) bond motifs is 1. The number of aryl methyl sites for hydroxylation is 1. The molecule has 1 aromatic carbocycles. The lowest BCUT2D eigenvalue weighted by Crippen LogP contribution is -2.21. The van der Waals surface area contributed by atoms with Gasteiger partial charge in [-0.2, -0.15) is 0 Å². The van der Waals surface area contributed by atoms with Crippen molar-refractivity contribution in [3.05, 3.63) is 35.7 Å². The van der Waals surface area contributed by atoms with Crippen molar-refractivity contribution in [1.29, 1.82) is 0 Å². The largest absolute Gasteiger partial charge is 0.508 e. The van der Waals surface area contributed by atoms with Gasteiger partial charge in [0.2, 0.25) is 0 Å². The molecule has 0 spiro atoms. The second-order valence-electron chi connectivity index (χ2n) is 4.68. The lowest BCUT2D eigenvalue weighted by atomic mass is 9.89. The summed E-state index contributed by atoms with van der Waals surface area (Å²) in [5.41, 5.74) is 8.82. The van der Waals surface area contributed by atoms with Crippen LogP contribution >= 0.6 is 0 Å². The van der Waals surface area contributed by atoms with Gasteiger partial charge in [0.1, 0.15) is 5.75 Å². The van der Waals surface area contributed by atoms with E-state index in [1.54, 1.807) is 18.2 Å². The first-order valence-corrected chi connectivity index (χ1v) is 6.23. The average molecular weight is 244 g/mol. The van der Waals surface area contributed by atoms with Crippen LogP contribution < -0.4 is 5.73 Å². The van der Waals surface area contributed by atoms with Crippen LogP contribution in [0.15, 0.2) is 24.3 Å². The molecule has 1 aliphatic rings. The number of aromatic nitrogens is 3. The number of hydrogen-bond donors (Lipinski definition) is 2. The SMILES string of the molecule is NCC1CCCc2nnn(-c3cccc(O)c3)c21. The molecule has 0 radical (unpaired) electrons. The Kier molecular flexibility index (Phi) is 2.76. The summed E-state index contributed by atoms with van der Waals surface area (Å²) in [6, 6.07) is 7.06. The maximum Gasteiger partial charge on any atom is 0.117 e. The molecule has 1 unspecified atom stereocenters. The van der Waals surface area contributed by atoms with Crippen LogP contribution in [0.4, 0.5) is 0 Å². The van der Waals surface area contributed by atoms with Crippen molar-refractivity contribution in [2.75, 3.05) is 6.54 Å². The molecular formula is C13H16N4O. The third-order valence-corrected chi connectivity index (χ3v) is 3.49. The monoisotopic (exact) mass is 244 g/mol. The Morgan fingerprint density at radius 2 is 2.33 bits per heavy atom. The Labute approximate surface area is 105 Å². The Bertz CT molecular complexity index is 564. The highest BCUT2D eigenvalue weighted by Crippen LogP contribution is 2.31. The summed E-state index contributed by atoms with van der Waals surface area (Å²) < 4.78 is 1.81. The van der Waals surface area contributed by atoms with Gasteiger partial charge in [-0.25, -0.2) is 4.68 Å². The minimum Gasteiger partial charge on any atom is -0.508 e. The van der Waals surface area contributed by atoms with Gasteiger partial charge < -0.3 is 10.8 Å². The van der Waals surface area contributed by atoms with E-state index in [9.17, 15) is 5.11 Å². The number of benzene rings is 1. The molecule has 0 amide bonds. The van der Waals surface area contributed by atoms with Crippen molar-refractivity contribution >= 4 is 0 Å². The molecule has 0 saturated carbocycles. The predicted octanol–water partition coefficient (Wildman–Crippen LogP) is 1.35. The van der Waals surface area contributed by atoms with Crippen molar-refractivity contribution in [1.82, 2.24) is 15.0 Å². The first kappa shape index (κ1) is 11.2. The molecule has 3 rings (SSSR count). The van der Waals surface area contributed by atoms with Crippen molar-refractivity contribution < 1.29 is 5.11 Å². The van der Waals surface area contributed by atoms with Crippen molar-refractivity contribution in [2.24, 2.45) is 5.73 Å². The lowest BCUT2D eigenvalue weighted by molar-refractivity contribution is 0.474. The number of phenols is 1. The second-order valence-corrected chi connectivity index (χ2v) is 4.68. The molecule has 3 N–H and O–H groups in total. The average Bonchev–Trinajstić information content (AvgIpc) is 2.82. The fourth-order valence-corrected chi connectivity index (χ4v) is 2.60. The van der Waals surface area contributed by atoms with Crippen LogP contribution in [0.2, 0.25) is 0 Å². The molecule has 5 heteroatoms. The van der Waals surface area contributed by atoms with Gasteiger partial charge in [-0.15, -0.1) is 5.10 Å². The van der Waals surface area contributed by atoms with E-state index in [-0.39, 0.29) is 5.75 Å². The molecule has 2 aromatic rings. The fourth-order valence-electron chi connectivity index (χ4n) is 2.60. The van der Waals surface area contributed by atoms with Crippen molar-refractivity contribution in [2.45, 2.75) is 25.2 Å². The molecule has 94 valence electrons. The Morgan fingerprint density at radius 1 is 1.44 bits per heavy atom. The van der Waals surface area contributed by atoms with Crippen LogP contribution in [0, 0.1) is 0 Å². The van der Waals surface area contributed by atoms with E-state index < -0.39 is 0 Å². The van der Waals surface area contributed by atoms with E-state index >= 15 is 0 Å². The van der Waals surface area contributed by atoms with Gasteiger partial charge in [0.15, 0.2) is 0 Å². The summed E-state index contributed by atoms with van der Waals surface area (Å²) in [7, 11) is 0. The highest BCUT2D eigenvalue weighted by Gasteiger charge is 2.26. The van der Waals surface area contributed by atoms with Crippen LogP contribution in [0.1, 0.15) is 30.1 Å². The fraction of sp³-hybridized carbons (Fsp3) is 0.385. The van der Waals surface area contributed by atoms with E-state index in [2.05, 4.69) is 10.3 Å². The molecule has 1 aliphatic carbocycles. The van der Waals surface area contributed by atoms with E-state index in [0.717, 1.165) is 36.3 Å². The Morgan fingerprint density at radius 3 is 3.11 bits per heavy atom. The van der Waals surface area contributed by atoms with Gasteiger partial charge in [0.25, 0.3) is 0 Å². The quantitative estimate of drug-likeness (QED) is 0.836. The number of nitrogens with two attached hydrogens (primary N) is 1. The number of aromatic hydroxyl groups is 1. The summed E-state index contributed by atoms with van der Waals surface area (Å²) in [4.78, 5) is 0. The normalized spacial score (nSPS) is 18.6. The van der Waals surface area contributed by atoms with Gasteiger partial charge in [-0.3, -0.25) is 0 Å². The van der Waals surface area contributed by atoms with Gasteiger partial charge in [0, 0.05) is 18.5 Å². The molecule has 1 atom stereocenters. The molecule has 0 saturated heterocycles. The molecule has 0 bridgehead atoms. The first-order chi connectivity index (χ1) is 8.79. The van der Waals surface area contributed by atoms with E-state index in [4.69, 9.17) is 5.73 Å². The Hall–Kier alpha value is -1.88. The summed E-state index contributed by atoms with van der Waals surface area (Å²) in [6.45, 7) is 0.610. The van der Waals surface area contributed by atoms with Gasteiger partial charge in [-0.05, 0) is 31.4 Å². The maximum atomic E-state index is 9.55. The van der Waals surface area contributed by atoms with E-state index in [0.29, 0.717) is 12.5 Å². The topological polar surface area (TPSA) is 77.0 Å². The summed E-state index contributed by atoms with van der Waals surface area (Å²) in [6.07, 6.45) is 3.16. The number of hydrogen-bond acceptors (Lipinski definition) is 4. The third kappa shape index (κ3) is 1.76. The molecule has 1 aromatic heterocycles. The lowest BCUT2D eigenvalue weighted by Gasteiger charge is -2.21. The molecule has 18 heavy (non-hydrogen) atoms. The van der Waals surface area contributed by atoms with Crippen LogP contribution in [0.25, 0.3) is 5.69 Å². The van der Waals surface area contributed by atoms with Crippen LogP contribution in [-0.4, -0.2) is 26.6 Å². The van der Waals surface area contributed by atoms with Crippen LogP contribution in [0.5, 0.6) is 5.75 Å². The van der Waals surface area contributed by atoms with Crippen molar-refractivity contribution in [3.63, 3.8) is 0 Å². The number of phenolic OH excluding ortho intramolecular Hbond substituents is 1. The standard InChI is InChI=1S/C13H16N4O/c14-8-9-3-1-6-12-13(9)17(16-15-12)10-4-2-5-11(18)7-10/h2,4-5,7,9,18H,1,3,6,8,14H2. The summed E-state index contributed by atoms with van der Waals surface area (Å²) in [5, 5.41) is 18.0. The molecular weight excluding hydrogens is 228 g/mol. The zero-order valence-corrected chi connectivity index (χ0v) is 10.1. The van der Waals surface area contributed by atoms with Gasteiger partial charge >= 0.3 is 0 Å². The summed E-state index contributed by atoms with van der Waals surface area (Å²) >= 11 is 0. The number of nitrogens with zero attached hydrogens (tertiary/aromatic N) is 3. The highest BCUT2D eigenvalue weighted by molar-refractivity contribution is 5.40. The smallest absolute Gasteiger partial charge is 0.117 e. The molecule has 0 aliphatic heterocycles. The third-order valence-electron chi connectivity index (χ3n) is 3.49. The van der Waals surface area contributed by atoms with Crippen LogP contribution in [0.3, 0.4) is 0 Å². The van der Waals surface area contributed by atoms with Gasteiger partial charge in [-0.1, -0.05) is 11.3 Å². The van der Waals surface area contributed by atoms with Crippen LogP contribution in [-0.2, 0) is 6.42 Å². The van der Waals surface area contributed by atoms with Crippen molar-refractivity contribution in [3.8, 4) is 11.4 Å². The minimum atomic E-state index is 0.233.